The van der Waals surface area contributed by atoms with E-state index < -0.39 is 0 Å². The van der Waals surface area contributed by atoms with Crippen molar-refractivity contribution in [1.82, 2.24) is 0 Å². The van der Waals surface area contributed by atoms with Gasteiger partial charge in [0.1, 0.15) is 0 Å². The van der Waals surface area contributed by atoms with Crippen LogP contribution in [0.3, 0.4) is 0 Å². The van der Waals surface area contributed by atoms with E-state index in [0.29, 0.717) is 16.2 Å². The molecule has 0 saturated heterocycles. The summed E-state index contributed by atoms with van der Waals surface area (Å²) in [5.41, 5.74) is 18.9. The fourth-order valence-electron chi connectivity index (χ4n) is 7.79. The third-order valence-electron chi connectivity index (χ3n) is 15.5. The van der Waals surface area contributed by atoms with E-state index in [9.17, 15) is 15.3 Å². The molecule has 0 atom stereocenters. The lowest BCUT2D eigenvalue weighted by molar-refractivity contribution is -0.117. The highest BCUT2D eigenvalue weighted by atomic mass is 16.3. The lowest BCUT2D eigenvalue weighted by atomic mass is 9.62. The Morgan fingerprint density at radius 2 is 0.444 bits per heavy atom. The molecule has 6 rings (SSSR count). The summed E-state index contributed by atoms with van der Waals surface area (Å²) in [6.07, 6.45) is 20.9. The van der Waals surface area contributed by atoms with Crippen molar-refractivity contribution < 1.29 is 15.3 Å². The number of hydrogen-bond acceptors (Lipinski definition) is 6. The van der Waals surface area contributed by atoms with Crippen LogP contribution in [-0.2, 0) is 0 Å². The van der Waals surface area contributed by atoms with Gasteiger partial charge < -0.3 is 32.5 Å². The normalized spacial score (nSPS) is 25.3. The predicted molar refractivity (Wildman–Crippen MR) is 235 cm³/mol. The lowest BCUT2D eigenvalue weighted by Gasteiger charge is -2.48. The van der Waals surface area contributed by atoms with Crippen LogP contribution in [0.5, 0.6) is 0 Å². The maximum absolute atomic E-state index is 10.0. The Morgan fingerprint density at radius 1 is 0.259 bits per heavy atom. The third kappa shape index (κ3) is 14.0. The Balaban J connectivity index is 0.000000325. The molecule has 0 bridgehead atoms. The number of hydrogen-bond donors (Lipinski definition) is 6. The second-order valence-corrected chi connectivity index (χ2v) is 25.2. The maximum Gasteiger partial charge on any atom is 0.0697 e. The average molecular weight is 766 g/mol. The Morgan fingerprint density at radius 3 is 0.519 bits per heavy atom. The molecule has 6 saturated carbocycles. The lowest BCUT2D eigenvalue weighted by Crippen LogP contribution is -2.56. The van der Waals surface area contributed by atoms with Crippen molar-refractivity contribution in [2.24, 2.45) is 49.7 Å². The SMILES string of the molecule is CC(C)(C)C1(N)CC1.CC(C)(C)C1(N)CCC1.CC(C)(C)C1(N)CCCC1.CC(C)(C)C1(O)CC1.CC(C)(C)C1(O)CCC1.CC(C)(C)C1(O)CCCC1. The van der Waals surface area contributed by atoms with Crippen LogP contribution < -0.4 is 17.2 Å². The van der Waals surface area contributed by atoms with E-state index in [4.69, 9.17) is 17.2 Å². The smallest absolute Gasteiger partial charge is 0.0697 e. The second kappa shape index (κ2) is 17.5. The van der Waals surface area contributed by atoms with Crippen LogP contribution in [0.4, 0.5) is 0 Å². The highest BCUT2D eigenvalue weighted by Crippen LogP contribution is 2.50. The van der Waals surface area contributed by atoms with Crippen molar-refractivity contribution in [3.05, 3.63) is 0 Å². The van der Waals surface area contributed by atoms with Crippen molar-refractivity contribution >= 4 is 0 Å². The van der Waals surface area contributed by atoms with Gasteiger partial charge >= 0.3 is 0 Å². The van der Waals surface area contributed by atoms with Crippen LogP contribution in [0.15, 0.2) is 0 Å². The van der Waals surface area contributed by atoms with E-state index in [2.05, 4.69) is 125 Å². The first-order valence-corrected chi connectivity index (χ1v) is 22.3. The second-order valence-electron chi connectivity index (χ2n) is 25.2. The van der Waals surface area contributed by atoms with Gasteiger partial charge in [-0.3, -0.25) is 0 Å². The first kappa shape index (κ1) is 51.8. The van der Waals surface area contributed by atoms with Crippen LogP contribution in [0.25, 0.3) is 0 Å². The zero-order chi connectivity index (χ0) is 42.7. The van der Waals surface area contributed by atoms with E-state index in [1.165, 1.54) is 77.0 Å². The average Bonchev–Trinajstić information content (AvgIpc) is 3.77. The molecule has 6 nitrogen and oxygen atoms in total. The minimum absolute atomic E-state index is 0.0729. The summed E-state index contributed by atoms with van der Waals surface area (Å²) in [5.74, 6) is 0. The van der Waals surface area contributed by atoms with Crippen molar-refractivity contribution in [2.45, 2.75) is 274 Å². The molecule has 0 amide bonds. The third-order valence-corrected chi connectivity index (χ3v) is 15.5. The number of aliphatic hydroxyl groups is 3. The molecule has 6 aliphatic carbocycles. The minimum Gasteiger partial charge on any atom is -0.389 e. The van der Waals surface area contributed by atoms with Gasteiger partial charge in [0.25, 0.3) is 0 Å². The first-order valence-electron chi connectivity index (χ1n) is 22.3. The molecule has 324 valence electrons. The fraction of sp³-hybridized carbons (Fsp3) is 1.00. The summed E-state index contributed by atoms with van der Waals surface area (Å²) in [6, 6.07) is 0. The molecule has 0 aliphatic heterocycles. The molecule has 6 aliphatic rings. The highest BCUT2D eigenvalue weighted by Gasteiger charge is 2.50. The summed E-state index contributed by atoms with van der Waals surface area (Å²) in [4.78, 5) is 0. The Kier molecular flexibility index (Phi) is 16.8. The Hall–Kier alpha value is -0.240. The van der Waals surface area contributed by atoms with E-state index in [0.717, 1.165) is 38.5 Å². The number of nitrogens with two attached hydrogens (primary N) is 3. The fourth-order valence-corrected chi connectivity index (χ4v) is 7.79. The van der Waals surface area contributed by atoms with Crippen LogP contribution in [0, 0.1) is 32.5 Å². The van der Waals surface area contributed by atoms with Crippen LogP contribution in [0.1, 0.15) is 240 Å². The summed E-state index contributed by atoms with van der Waals surface area (Å²) in [7, 11) is 0. The Labute approximate surface area is 337 Å². The molecular formula is C48H99N3O3. The highest BCUT2D eigenvalue weighted by molar-refractivity contribution is 5.07. The zero-order valence-electron chi connectivity index (χ0n) is 39.8. The van der Waals surface area contributed by atoms with E-state index in [-0.39, 0.29) is 49.7 Å². The molecule has 6 fully saturated rings. The minimum atomic E-state index is -0.368. The molecule has 0 spiro atoms. The van der Waals surface area contributed by atoms with Crippen molar-refractivity contribution in [3.63, 3.8) is 0 Å². The molecule has 0 aromatic heterocycles. The molecular weight excluding hydrogens is 667 g/mol. The number of rotatable bonds is 0. The zero-order valence-corrected chi connectivity index (χ0v) is 39.8. The van der Waals surface area contributed by atoms with Gasteiger partial charge in [-0.25, -0.2) is 0 Å². The largest absolute Gasteiger partial charge is 0.389 e. The monoisotopic (exact) mass is 766 g/mol. The molecule has 0 aromatic rings. The van der Waals surface area contributed by atoms with Gasteiger partial charge in [0.05, 0.1) is 16.8 Å². The molecule has 54 heavy (non-hydrogen) atoms. The van der Waals surface area contributed by atoms with Crippen LogP contribution in [0.2, 0.25) is 0 Å². The van der Waals surface area contributed by atoms with Crippen LogP contribution >= 0.6 is 0 Å². The molecule has 0 heterocycles. The first-order chi connectivity index (χ1) is 23.7. The van der Waals surface area contributed by atoms with E-state index in [1.54, 1.807) is 0 Å². The van der Waals surface area contributed by atoms with Gasteiger partial charge in [0, 0.05) is 16.6 Å². The standard InChI is InChI=1S/C9H19N.C9H18O.C8H17N.C8H16O.C7H15N.C7H14O/c2*1-8(2,3)9(10)6-4-5-7-9;2*1-7(2,3)8(9)5-4-6-8;2*1-6(2,3)7(8)4-5-7/h4-7,10H2,1-3H3;10H,4-7H2,1-3H3;4-6,9H2,1-3H3;9H,4-6H2,1-3H3;4-5,8H2,1-3H3;8H,4-5H2,1-3H3. The van der Waals surface area contributed by atoms with Gasteiger partial charge in [-0.15, -0.1) is 0 Å². The summed E-state index contributed by atoms with van der Waals surface area (Å²) in [6.45, 7) is 39.0. The van der Waals surface area contributed by atoms with Gasteiger partial charge in [-0.05, 0) is 122 Å². The molecule has 0 unspecified atom stereocenters. The van der Waals surface area contributed by atoms with Gasteiger partial charge in [0.15, 0.2) is 0 Å². The molecule has 0 aromatic carbocycles. The quantitative estimate of drug-likeness (QED) is 0.145. The van der Waals surface area contributed by atoms with Gasteiger partial charge in [-0.1, -0.05) is 150 Å². The Bertz CT molecular complexity index is 1010. The van der Waals surface area contributed by atoms with Crippen molar-refractivity contribution in [1.29, 1.82) is 0 Å². The summed E-state index contributed by atoms with van der Waals surface area (Å²) in [5, 5.41) is 29.2. The van der Waals surface area contributed by atoms with E-state index in [1.807, 2.05) is 0 Å². The van der Waals surface area contributed by atoms with Crippen LogP contribution in [-0.4, -0.2) is 48.7 Å². The molecule has 0 radical (unpaired) electrons. The van der Waals surface area contributed by atoms with Gasteiger partial charge in [-0.2, -0.15) is 0 Å². The van der Waals surface area contributed by atoms with Crippen molar-refractivity contribution in [2.75, 3.05) is 0 Å². The topological polar surface area (TPSA) is 139 Å². The molecule has 6 heteroatoms. The predicted octanol–water partition coefficient (Wildman–Crippen LogP) is 11.6. The molecule has 9 N–H and O–H groups in total. The summed E-state index contributed by atoms with van der Waals surface area (Å²) < 4.78 is 0. The maximum atomic E-state index is 10.0. The van der Waals surface area contributed by atoms with E-state index >= 15 is 0 Å². The van der Waals surface area contributed by atoms with Crippen molar-refractivity contribution in [3.8, 4) is 0 Å². The summed E-state index contributed by atoms with van der Waals surface area (Å²) >= 11 is 0. The van der Waals surface area contributed by atoms with Gasteiger partial charge in [0.2, 0.25) is 0 Å².